The van der Waals surface area contributed by atoms with E-state index in [4.69, 9.17) is 4.74 Å². The maximum Gasteiger partial charge on any atom is 0.296 e. The highest BCUT2D eigenvalue weighted by Crippen LogP contribution is 2.22. The molecule has 0 spiro atoms. The van der Waals surface area contributed by atoms with Gasteiger partial charge in [-0.3, -0.25) is 14.2 Å². The summed E-state index contributed by atoms with van der Waals surface area (Å²) in [6.45, 7) is 4.09. The molecule has 8 nitrogen and oxygen atoms in total. The molecule has 0 radical (unpaired) electrons. The van der Waals surface area contributed by atoms with Gasteiger partial charge in [-0.25, -0.2) is 9.37 Å². The van der Waals surface area contributed by atoms with Crippen LogP contribution in [0.2, 0.25) is 0 Å². The maximum absolute atomic E-state index is 13.4. The van der Waals surface area contributed by atoms with Crippen LogP contribution in [-0.2, 0) is 11.3 Å². The first-order chi connectivity index (χ1) is 13.3. The number of amides is 1. The van der Waals surface area contributed by atoms with E-state index in [9.17, 15) is 19.1 Å². The molecule has 2 heterocycles. The maximum atomic E-state index is 13.4. The number of aryl methyl sites for hydroxylation is 1. The number of aromatic nitrogens is 2. The Kier molecular flexibility index (Phi) is 5.76. The monoisotopic (exact) mass is 390 g/mol. The standard InChI is InChI=1S/C19H23FN4O4/c1-10-6-12(4-5-13(10)20)7-22-18(26)15-16(25)19(27)24-11(2)8-28-9-14(21-3)17(24)23-15/h4-6,11,14,21,25H,7-9H2,1-3H3,(H,22,26)/t11-,14-/m0/s1. The number of aromatic hydroxyl groups is 1. The van der Waals surface area contributed by atoms with Gasteiger partial charge in [0.2, 0.25) is 5.75 Å². The van der Waals surface area contributed by atoms with E-state index in [0.29, 0.717) is 23.6 Å². The van der Waals surface area contributed by atoms with Crippen molar-refractivity contribution < 1.29 is 19.0 Å². The summed E-state index contributed by atoms with van der Waals surface area (Å²) < 4.78 is 20.3. The summed E-state index contributed by atoms with van der Waals surface area (Å²) in [5, 5.41) is 15.9. The minimum absolute atomic E-state index is 0.106. The summed E-state index contributed by atoms with van der Waals surface area (Å²) in [4.78, 5) is 29.5. The number of carbonyl (C=O) groups excluding carboxylic acids is 1. The second-order valence-corrected chi connectivity index (χ2v) is 6.84. The molecule has 2 atom stereocenters. The number of benzene rings is 1. The van der Waals surface area contributed by atoms with Crippen molar-refractivity contribution in [3.63, 3.8) is 0 Å². The number of nitrogens with zero attached hydrogens (tertiary/aromatic N) is 2. The Morgan fingerprint density at radius 3 is 2.86 bits per heavy atom. The molecule has 3 rings (SSSR count). The van der Waals surface area contributed by atoms with E-state index in [1.165, 1.54) is 10.6 Å². The molecule has 1 aromatic carbocycles. The Balaban J connectivity index is 1.92. The van der Waals surface area contributed by atoms with Crippen LogP contribution < -0.4 is 16.2 Å². The normalized spacial score (nSPS) is 19.0. The van der Waals surface area contributed by atoms with Gasteiger partial charge in [0.1, 0.15) is 11.6 Å². The first-order valence-corrected chi connectivity index (χ1v) is 8.97. The van der Waals surface area contributed by atoms with Crippen LogP contribution in [0.3, 0.4) is 0 Å². The SMILES string of the molecule is CN[C@H]1COC[C@H](C)n2c1nc(C(=O)NCc1ccc(F)c(C)c1)c(O)c2=O. The lowest BCUT2D eigenvalue weighted by Gasteiger charge is -2.20. The molecule has 0 saturated heterocycles. The quantitative estimate of drug-likeness (QED) is 0.724. The highest BCUT2D eigenvalue weighted by atomic mass is 19.1. The highest BCUT2D eigenvalue weighted by Gasteiger charge is 2.29. The molecule has 1 aromatic heterocycles. The number of carbonyl (C=O) groups is 1. The Labute approximate surface area is 161 Å². The van der Waals surface area contributed by atoms with Crippen LogP contribution in [0, 0.1) is 12.7 Å². The predicted molar refractivity (Wildman–Crippen MR) is 99.8 cm³/mol. The van der Waals surface area contributed by atoms with Crippen molar-refractivity contribution in [2.45, 2.75) is 32.5 Å². The largest absolute Gasteiger partial charge is 0.501 e. The Hall–Kier alpha value is -2.78. The molecule has 2 aromatic rings. The van der Waals surface area contributed by atoms with E-state index in [2.05, 4.69) is 15.6 Å². The summed E-state index contributed by atoms with van der Waals surface area (Å²) in [7, 11) is 1.70. The zero-order chi connectivity index (χ0) is 20.4. The Bertz CT molecular complexity index is 960. The fourth-order valence-electron chi connectivity index (χ4n) is 3.17. The van der Waals surface area contributed by atoms with E-state index in [1.54, 1.807) is 33.0 Å². The second-order valence-electron chi connectivity index (χ2n) is 6.84. The number of hydrogen-bond donors (Lipinski definition) is 3. The molecule has 1 aliphatic rings. The van der Waals surface area contributed by atoms with Gasteiger partial charge in [-0.1, -0.05) is 12.1 Å². The molecule has 9 heteroatoms. The van der Waals surface area contributed by atoms with Gasteiger partial charge in [0.05, 0.1) is 25.3 Å². The summed E-state index contributed by atoms with van der Waals surface area (Å²) in [5.41, 5.74) is 0.116. The third kappa shape index (κ3) is 3.76. The lowest BCUT2D eigenvalue weighted by molar-refractivity contribution is 0.0941. The molecule has 150 valence electrons. The molecule has 1 aliphatic heterocycles. The number of hydrogen-bond acceptors (Lipinski definition) is 6. The summed E-state index contributed by atoms with van der Waals surface area (Å²) in [6.07, 6.45) is 0. The molecule has 0 saturated carbocycles. The van der Waals surface area contributed by atoms with Crippen LogP contribution in [0.25, 0.3) is 0 Å². The Morgan fingerprint density at radius 1 is 1.43 bits per heavy atom. The molecule has 3 N–H and O–H groups in total. The van der Waals surface area contributed by atoms with E-state index < -0.39 is 23.3 Å². The van der Waals surface area contributed by atoms with Crippen LogP contribution in [0.5, 0.6) is 5.75 Å². The van der Waals surface area contributed by atoms with Gasteiger partial charge in [-0.15, -0.1) is 0 Å². The van der Waals surface area contributed by atoms with Crippen molar-refractivity contribution in [3.8, 4) is 5.75 Å². The van der Waals surface area contributed by atoms with E-state index in [-0.39, 0.29) is 30.7 Å². The summed E-state index contributed by atoms with van der Waals surface area (Å²) >= 11 is 0. The van der Waals surface area contributed by atoms with Crippen LogP contribution >= 0.6 is 0 Å². The van der Waals surface area contributed by atoms with Crippen LogP contribution in [0.4, 0.5) is 4.39 Å². The van der Waals surface area contributed by atoms with Gasteiger partial charge in [-0.2, -0.15) is 0 Å². The minimum atomic E-state index is -0.708. The lowest BCUT2D eigenvalue weighted by atomic mass is 10.1. The van der Waals surface area contributed by atoms with Crippen LogP contribution in [0.1, 0.15) is 46.4 Å². The highest BCUT2D eigenvalue weighted by molar-refractivity contribution is 5.94. The van der Waals surface area contributed by atoms with Gasteiger partial charge in [-0.05, 0) is 38.1 Å². The van der Waals surface area contributed by atoms with Gasteiger partial charge >= 0.3 is 0 Å². The second kappa shape index (κ2) is 8.07. The van der Waals surface area contributed by atoms with E-state index in [1.807, 2.05) is 0 Å². The third-order valence-corrected chi connectivity index (χ3v) is 4.75. The predicted octanol–water partition coefficient (Wildman–Crippen LogP) is 1.18. The molecular weight excluding hydrogens is 367 g/mol. The zero-order valence-corrected chi connectivity index (χ0v) is 16.0. The molecule has 0 unspecified atom stereocenters. The van der Waals surface area contributed by atoms with Gasteiger partial charge in [0, 0.05) is 6.54 Å². The number of halogens is 1. The first-order valence-electron chi connectivity index (χ1n) is 8.97. The van der Waals surface area contributed by atoms with Crippen molar-refractivity contribution in [1.29, 1.82) is 0 Å². The van der Waals surface area contributed by atoms with Gasteiger partial charge in [0.25, 0.3) is 11.5 Å². The van der Waals surface area contributed by atoms with Crippen LogP contribution in [0.15, 0.2) is 23.0 Å². The molecule has 0 bridgehead atoms. The minimum Gasteiger partial charge on any atom is -0.501 e. The van der Waals surface area contributed by atoms with Crippen molar-refractivity contribution in [2.75, 3.05) is 20.3 Å². The van der Waals surface area contributed by atoms with Crippen molar-refractivity contribution in [2.24, 2.45) is 0 Å². The number of rotatable bonds is 4. The summed E-state index contributed by atoms with van der Waals surface area (Å²) in [6, 6.07) is 3.76. The van der Waals surface area contributed by atoms with E-state index in [0.717, 1.165) is 0 Å². The Morgan fingerprint density at radius 2 is 2.18 bits per heavy atom. The average Bonchev–Trinajstić information content (AvgIpc) is 2.83. The molecule has 1 amide bonds. The molecule has 28 heavy (non-hydrogen) atoms. The lowest BCUT2D eigenvalue weighted by Crippen LogP contribution is -2.35. The molecular formula is C19H23FN4O4. The van der Waals surface area contributed by atoms with Crippen molar-refractivity contribution in [3.05, 3.63) is 57.0 Å². The van der Waals surface area contributed by atoms with Gasteiger partial charge < -0.3 is 20.5 Å². The fourth-order valence-corrected chi connectivity index (χ4v) is 3.17. The molecule has 0 aliphatic carbocycles. The first kappa shape index (κ1) is 20.0. The number of nitrogens with one attached hydrogen (secondary N) is 2. The van der Waals surface area contributed by atoms with Crippen molar-refractivity contribution >= 4 is 5.91 Å². The fraction of sp³-hybridized carbons (Fsp3) is 0.421. The van der Waals surface area contributed by atoms with E-state index >= 15 is 0 Å². The average molecular weight is 390 g/mol. The van der Waals surface area contributed by atoms with Gasteiger partial charge in [0.15, 0.2) is 5.69 Å². The number of likely N-dealkylation sites (N-methyl/N-ethyl adjacent to an activating group) is 1. The smallest absolute Gasteiger partial charge is 0.296 e. The number of ether oxygens (including phenoxy) is 1. The van der Waals surface area contributed by atoms with Crippen molar-refractivity contribution in [1.82, 2.24) is 20.2 Å². The molecule has 0 fully saturated rings. The topological polar surface area (TPSA) is 105 Å². The third-order valence-electron chi connectivity index (χ3n) is 4.75. The number of fused-ring (bicyclic) bond motifs is 1. The summed E-state index contributed by atoms with van der Waals surface area (Å²) in [5.74, 6) is -1.39. The zero-order valence-electron chi connectivity index (χ0n) is 16.0. The van der Waals surface area contributed by atoms with Crippen LogP contribution in [-0.4, -0.2) is 40.8 Å².